The Balaban J connectivity index is 1.53. The molecule has 1 saturated heterocycles. The number of imide groups is 1. The maximum Gasteiger partial charge on any atom is 0.261 e. The highest BCUT2D eigenvalue weighted by Gasteiger charge is 2.36. The van der Waals surface area contributed by atoms with Crippen molar-refractivity contribution in [3.63, 3.8) is 0 Å². The van der Waals surface area contributed by atoms with E-state index < -0.39 is 5.91 Å². The van der Waals surface area contributed by atoms with Crippen LogP contribution in [0.1, 0.15) is 43.8 Å². The summed E-state index contributed by atoms with van der Waals surface area (Å²) in [4.78, 5) is 43.3. The van der Waals surface area contributed by atoms with Gasteiger partial charge < -0.3 is 14.2 Å². The highest BCUT2D eigenvalue weighted by molar-refractivity contribution is 6.22. The molecule has 0 N–H and O–H groups in total. The molecular formula is C20H21N3O4. The number of carbonyl (C=O) groups excluding carboxylic acids is 3. The van der Waals surface area contributed by atoms with Gasteiger partial charge in [-0.2, -0.15) is 0 Å². The van der Waals surface area contributed by atoms with Crippen molar-refractivity contribution in [3.8, 4) is 0 Å². The summed E-state index contributed by atoms with van der Waals surface area (Å²) in [5.41, 5.74) is 1.06. The summed E-state index contributed by atoms with van der Waals surface area (Å²) in [6, 6.07) is 8.19. The number of nitrogens with zero attached hydrogens (tertiary/aromatic N) is 3. The van der Waals surface area contributed by atoms with E-state index >= 15 is 0 Å². The van der Waals surface area contributed by atoms with Gasteiger partial charge in [0, 0.05) is 31.7 Å². The van der Waals surface area contributed by atoms with Crippen molar-refractivity contribution >= 4 is 17.7 Å². The summed E-state index contributed by atoms with van der Waals surface area (Å²) in [6.45, 7) is 6.20. The summed E-state index contributed by atoms with van der Waals surface area (Å²) < 4.78 is 5.24. The third kappa shape index (κ3) is 3.14. The minimum atomic E-state index is -0.392. The molecule has 2 aromatic rings. The number of benzene rings is 1. The van der Waals surface area contributed by atoms with Gasteiger partial charge in [0.25, 0.3) is 17.7 Å². The molecule has 0 bridgehead atoms. The molecule has 140 valence electrons. The average Bonchev–Trinajstić information content (AvgIpc) is 3.30. The minimum Gasteiger partial charge on any atom is -0.467 e. The lowest BCUT2D eigenvalue weighted by molar-refractivity contribution is 0.0629. The smallest absolute Gasteiger partial charge is 0.261 e. The number of furan rings is 1. The first-order chi connectivity index (χ1) is 13.1. The SMILES string of the molecule is CCN1CCN(C(=O)c2ccc3c(c2)C(=O)N(Cc2ccco2)C3=O)CC1. The zero-order valence-electron chi connectivity index (χ0n) is 15.2. The van der Waals surface area contributed by atoms with E-state index in [-0.39, 0.29) is 23.9 Å². The van der Waals surface area contributed by atoms with Crippen LogP contribution in [0.25, 0.3) is 0 Å². The number of piperazine rings is 1. The minimum absolute atomic E-state index is 0.0849. The Kier molecular flexibility index (Phi) is 4.53. The quantitative estimate of drug-likeness (QED) is 0.771. The number of hydrogen-bond acceptors (Lipinski definition) is 5. The second kappa shape index (κ2) is 7.00. The molecule has 7 nitrogen and oxygen atoms in total. The fourth-order valence-corrected chi connectivity index (χ4v) is 3.58. The number of hydrogen-bond donors (Lipinski definition) is 0. The fraction of sp³-hybridized carbons (Fsp3) is 0.350. The molecule has 0 unspecified atom stereocenters. The molecule has 0 saturated carbocycles. The predicted molar refractivity (Wildman–Crippen MR) is 97.4 cm³/mol. The van der Waals surface area contributed by atoms with Crippen molar-refractivity contribution in [1.82, 2.24) is 14.7 Å². The first-order valence-electron chi connectivity index (χ1n) is 9.12. The second-order valence-electron chi connectivity index (χ2n) is 6.76. The van der Waals surface area contributed by atoms with Gasteiger partial charge in [-0.3, -0.25) is 19.3 Å². The monoisotopic (exact) mass is 367 g/mol. The number of carbonyl (C=O) groups is 3. The van der Waals surface area contributed by atoms with E-state index in [2.05, 4.69) is 11.8 Å². The van der Waals surface area contributed by atoms with Crippen molar-refractivity contribution in [2.75, 3.05) is 32.7 Å². The lowest BCUT2D eigenvalue weighted by atomic mass is 10.0. The van der Waals surface area contributed by atoms with Crippen molar-refractivity contribution in [2.45, 2.75) is 13.5 Å². The van der Waals surface area contributed by atoms with Crippen LogP contribution in [0.3, 0.4) is 0 Å². The molecule has 0 radical (unpaired) electrons. The van der Waals surface area contributed by atoms with Gasteiger partial charge in [-0.25, -0.2) is 0 Å². The molecule has 0 atom stereocenters. The molecule has 0 aliphatic carbocycles. The number of amides is 3. The molecule has 1 aromatic carbocycles. The third-order valence-corrected chi connectivity index (χ3v) is 5.22. The highest BCUT2D eigenvalue weighted by atomic mass is 16.3. The standard InChI is InChI=1S/C20H21N3O4/c1-2-21-7-9-22(10-8-21)18(24)14-5-6-16-17(12-14)20(26)23(19(16)25)13-15-4-3-11-27-15/h3-6,11-12H,2,7-10,13H2,1H3. The van der Waals surface area contributed by atoms with Gasteiger partial charge in [-0.1, -0.05) is 6.92 Å². The maximum absolute atomic E-state index is 12.8. The van der Waals surface area contributed by atoms with Crippen LogP contribution in [0.4, 0.5) is 0 Å². The van der Waals surface area contributed by atoms with Gasteiger partial charge in [-0.05, 0) is 36.9 Å². The fourth-order valence-electron chi connectivity index (χ4n) is 3.58. The number of rotatable bonds is 4. The van der Waals surface area contributed by atoms with E-state index in [1.807, 2.05) is 0 Å². The normalized spacial score (nSPS) is 17.5. The Bertz CT molecular complexity index is 883. The second-order valence-corrected chi connectivity index (χ2v) is 6.76. The Hall–Kier alpha value is -2.93. The van der Waals surface area contributed by atoms with E-state index in [1.54, 1.807) is 35.2 Å². The van der Waals surface area contributed by atoms with Crippen LogP contribution < -0.4 is 0 Å². The van der Waals surface area contributed by atoms with Crippen LogP contribution in [-0.2, 0) is 6.54 Å². The van der Waals surface area contributed by atoms with Crippen LogP contribution >= 0.6 is 0 Å². The van der Waals surface area contributed by atoms with Gasteiger partial charge in [-0.15, -0.1) is 0 Å². The van der Waals surface area contributed by atoms with Gasteiger partial charge in [0.1, 0.15) is 5.76 Å². The van der Waals surface area contributed by atoms with Crippen LogP contribution in [0.5, 0.6) is 0 Å². The summed E-state index contributed by atoms with van der Waals surface area (Å²) in [5, 5.41) is 0. The molecule has 27 heavy (non-hydrogen) atoms. The molecule has 3 heterocycles. The van der Waals surface area contributed by atoms with E-state index in [0.717, 1.165) is 24.5 Å². The van der Waals surface area contributed by atoms with Crippen LogP contribution in [0.2, 0.25) is 0 Å². The van der Waals surface area contributed by atoms with Crippen LogP contribution in [-0.4, -0.2) is 65.1 Å². The van der Waals surface area contributed by atoms with Crippen molar-refractivity contribution in [3.05, 3.63) is 59.0 Å². The van der Waals surface area contributed by atoms with E-state index in [9.17, 15) is 14.4 Å². The van der Waals surface area contributed by atoms with E-state index in [1.165, 1.54) is 6.26 Å². The summed E-state index contributed by atoms with van der Waals surface area (Å²) >= 11 is 0. The zero-order valence-corrected chi connectivity index (χ0v) is 15.2. The van der Waals surface area contributed by atoms with Gasteiger partial charge >= 0.3 is 0 Å². The van der Waals surface area contributed by atoms with Crippen LogP contribution in [0, 0.1) is 0 Å². The van der Waals surface area contributed by atoms with E-state index in [4.69, 9.17) is 4.42 Å². The first kappa shape index (κ1) is 17.5. The average molecular weight is 367 g/mol. The van der Waals surface area contributed by atoms with Gasteiger partial charge in [0.15, 0.2) is 0 Å². The molecule has 4 rings (SSSR count). The first-order valence-corrected chi connectivity index (χ1v) is 9.12. The lowest BCUT2D eigenvalue weighted by Gasteiger charge is -2.34. The Labute approximate surface area is 157 Å². The number of fused-ring (bicyclic) bond motifs is 1. The van der Waals surface area contributed by atoms with Crippen molar-refractivity contribution in [2.24, 2.45) is 0 Å². The highest BCUT2D eigenvalue weighted by Crippen LogP contribution is 2.26. The number of likely N-dealkylation sites (N-methyl/N-ethyl adjacent to an activating group) is 1. The van der Waals surface area contributed by atoms with E-state index in [0.29, 0.717) is 30.0 Å². The Morgan fingerprint density at radius 2 is 1.78 bits per heavy atom. The molecule has 1 fully saturated rings. The summed E-state index contributed by atoms with van der Waals surface area (Å²) in [5.74, 6) is -0.313. The van der Waals surface area contributed by atoms with Gasteiger partial charge in [0.2, 0.25) is 0 Å². The molecular weight excluding hydrogens is 346 g/mol. The molecule has 2 aliphatic rings. The summed E-state index contributed by atoms with van der Waals surface area (Å²) in [6.07, 6.45) is 1.50. The lowest BCUT2D eigenvalue weighted by Crippen LogP contribution is -2.48. The molecule has 3 amide bonds. The molecule has 2 aliphatic heterocycles. The molecule has 0 spiro atoms. The predicted octanol–water partition coefficient (Wildman–Crippen LogP) is 1.85. The zero-order chi connectivity index (χ0) is 19.0. The topological polar surface area (TPSA) is 74.1 Å². The Morgan fingerprint density at radius 1 is 1.04 bits per heavy atom. The summed E-state index contributed by atoms with van der Waals surface area (Å²) in [7, 11) is 0. The van der Waals surface area contributed by atoms with Crippen molar-refractivity contribution < 1.29 is 18.8 Å². The third-order valence-electron chi connectivity index (χ3n) is 5.22. The Morgan fingerprint density at radius 3 is 2.44 bits per heavy atom. The maximum atomic E-state index is 12.8. The van der Waals surface area contributed by atoms with Gasteiger partial charge in [0.05, 0.1) is 23.9 Å². The largest absolute Gasteiger partial charge is 0.467 e. The van der Waals surface area contributed by atoms with Crippen LogP contribution in [0.15, 0.2) is 41.0 Å². The molecule has 7 heteroatoms. The molecule has 1 aromatic heterocycles. The van der Waals surface area contributed by atoms with Crippen molar-refractivity contribution in [1.29, 1.82) is 0 Å².